The molecule has 2 N–H and O–H groups in total. The Hall–Kier alpha value is -8.26. The fourth-order valence-electron chi connectivity index (χ4n) is 13.5. The number of hydrogen-bond acceptors (Lipinski definition) is 19. The van der Waals surface area contributed by atoms with Gasteiger partial charge in [0.1, 0.15) is 24.9 Å². The summed E-state index contributed by atoms with van der Waals surface area (Å²) in [4.78, 5) is 56.8. The maximum Gasteiger partial charge on any atom is 0.410 e. The van der Waals surface area contributed by atoms with Crippen molar-refractivity contribution in [3.63, 3.8) is 0 Å². The SMILES string of the molecule is CC1[C@@H](O[C@H]2C(COCc3ccccc3)O[C@H](OCCN(Cc3ccccc3)C(=O)OCc3ccccc3)C(C)[C@H]2C)OC(COCc2ccccc2)[C@@H](O[C@@H]2OC(COCc3ccccc3)[C@@H](O[C@@H]3OC(C(=O)O)[C@@H](O)[C@H](C)C3OC(=O)c3ccccc3)[C@H](C)C2OC(=O)c2ccccc2)[C@@H]1C. The maximum absolute atomic E-state index is 14.6. The average Bonchev–Trinajstić information content (AvgIpc) is 0.770. The van der Waals surface area contributed by atoms with Crippen molar-refractivity contribution in [1.82, 2.24) is 4.90 Å². The van der Waals surface area contributed by atoms with Crippen LogP contribution >= 0.6 is 0 Å². The monoisotopic (exact) mass is 1410 g/mol. The molecule has 0 aliphatic carbocycles. The standard InChI is InChI=1S/C82H95NO20/c1-52-54(3)78(93-43-42-83(44-58-28-14-7-15-29-58)82(89)94-48-62-36-22-11-23-37-62)95-65(49-90-45-59-30-16-8-17-31-59)69(52)100-79-55(4)53(2)70(66(96-79)50-91-46-60-32-18-9-19-33-60)101-80-73(99-77(88)64-40-26-13-27-41-64)57(6)71(67(97-80)51-92-47-61-34-20-10-21-35-61)102-81-72(56(5)68(84)74(103-81)75(85)86)98-76(87)63-38-24-12-25-39-63/h7-41,52-57,65-74,78-81,84H,42-51H2,1-6H3,(H,85,86)/t52-,53-,54?,55?,56+,57+,65?,66?,67?,68+,69-,70+,71+,72?,73?,74?,78+,79-,80+,81-/m1/s1. The zero-order valence-corrected chi connectivity index (χ0v) is 59.0. The van der Waals surface area contributed by atoms with Crippen LogP contribution in [0, 0.1) is 35.5 Å². The number of amides is 1. The lowest BCUT2D eigenvalue weighted by molar-refractivity contribution is -0.371. The normalized spacial score (nSPS) is 29.2. The van der Waals surface area contributed by atoms with Gasteiger partial charge in [-0.2, -0.15) is 0 Å². The zero-order valence-electron chi connectivity index (χ0n) is 59.0. The van der Waals surface area contributed by atoms with Gasteiger partial charge in [0.25, 0.3) is 0 Å². The van der Waals surface area contributed by atoms with E-state index in [1.165, 1.54) is 0 Å². The third-order valence-electron chi connectivity index (χ3n) is 19.9. The number of rotatable bonds is 31. The summed E-state index contributed by atoms with van der Waals surface area (Å²) in [6.45, 7) is 13.0. The number of nitrogens with zero attached hydrogens (tertiary/aromatic N) is 1. The van der Waals surface area contributed by atoms with E-state index in [0.29, 0.717) is 13.2 Å². The summed E-state index contributed by atoms with van der Waals surface area (Å²) in [5.41, 5.74) is 5.01. The van der Waals surface area contributed by atoms with Crippen LogP contribution in [-0.4, -0.2) is 158 Å². The Morgan fingerprint density at radius 2 is 0.738 bits per heavy atom. The summed E-state index contributed by atoms with van der Waals surface area (Å²) in [5.74, 6) is -6.10. The zero-order chi connectivity index (χ0) is 72.2. The lowest BCUT2D eigenvalue weighted by Crippen LogP contribution is -2.64. The molecule has 0 saturated carbocycles. The van der Waals surface area contributed by atoms with Crippen molar-refractivity contribution < 1.29 is 95.7 Å². The largest absolute Gasteiger partial charge is 0.479 e. The Morgan fingerprint density at radius 1 is 0.388 bits per heavy atom. The second kappa shape index (κ2) is 37.4. The number of carboxylic acids is 1. The van der Waals surface area contributed by atoms with Gasteiger partial charge < -0.3 is 81.4 Å². The van der Waals surface area contributed by atoms with Gasteiger partial charge in [0.15, 0.2) is 43.5 Å². The molecule has 0 aromatic heterocycles. The number of hydrogen-bond donors (Lipinski definition) is 2. The molecular formula is C82H95NO20. The molecule has 20 atom stereocenters. The second-order valence-electron chi connectivity index (χ2n) is 27.1. The minimum atomic E-state index is -1.80. The van der Waals surface area contributed by atoms with Gasteiger partial charge in [0.05, 0.1) is 81.8 Å². The van der Waals surface area contributed by atoms with Crippen LogP contribution in [0.3, 0.4) is 0 Å². The Morgan fingerprint density at radius 3 is 1.17 bits per heavy atom. The van der Waals surface area contributed by atoms with Crippen LogP contribution in [0.5, 0.6) is 0 Å². The number of aliphatic hydroxyl groups is 1. The van der Waals surface area contributed by atoms with E-state index in [1.54, 1.807) is 79.4 Å². The van der Waals surface area contributed by atoms with Gasteiger partial charge in [-0.15, -0.1) is 0 Å². The molecule has 548 valence electrons. The molecule has 0 bridgehead atoms. The molecule has 4 aliphatic heterocycles. The van der Waals surface area contributed by atoms with Crippen molar-refractivity contribution in [3.8, 4) is 0 Å². The van der Waals surface area contributed by atoms with Crippen LogP contribution in [0.1, 0.15) is 90.1 Å². The van der Waals surface area contributed by atoms with Crippen molar-refractivity contribution in [2.24, 2.45) is 35.5 Å². The van der Waals surface area contributed by atoms with Gasteiger partial charge in [-0.3, -0.25) is 0 Å². The minimum Gasteiger partial charge on any atom is -0.479 e. The topological polar surface area (TPSA) is 241 Å². The van der Waals surface area contributed by atoms with Gasteiger partial charge >= 0.3 is 24.0 Å². The predicted octanol–water partition coefficient (Wildman–Crippen LogP) is 12.3. The number of aliphatic hydroxyl groups excluding tert-OH is 1. The number of carboxylic acid groups (broad SMARTS) is 1. The Balaban J connectivity index is 0.870. The van der Waals surface area contributed by atoms with E-state index < -0.39 is 134 Å². The third kappa shape index (κ3) is 20.4. The molecule has 0 spiro atoms. The highest BCUT2D eigenvalue weighted by Crippen LogP contribution is 2.43. The molecule has 7 aromatic rings. The third-order valence-corrected chi connectivity index (χ3v) is 19.9. The molecule has 103 heavy (non-hydrogen) atoms. The van der Waals surface area contributed by atoms with Crippen LogP contribution in [-0.2, 0) is 104 Å². The first-order valence-electron chi connectivity index (χ1n) is 35.5. The number of benzene rings is 7. The second-order valence-corrected chi connectivity index (χ2v) is 27.1. The predicted molar refractivity (Wildman–Crippen MR) is 377 cm³/mol. The van der Waals surface area contributed by atoms with Crippen LogP contribution < -0.4 is 0 Å². The molecule has 1 amide bonds. The smallest absolute Gasteiger partial charge is 0.410 e. The van der Waals surface area contributed by atoms with Crippen molar-refractivity contribution in [2.75, 3.05) is 33.0 Å². The first-order chi connectivity index (χ1) is 50.1. The van der Waals surface area contributed by atoms with Crippen molar-refractivity contribution in [1.29, 1.82) is 0 Å². The fraction of sp³-hybridized carbons (Fsp3) is 0.439. The van der Waals surface area contributed by atoms with E-state index in [4.69, 9.17) is 66.3 Å². The lowest BCUT2D eigenvalue weighted by Gasteiger charge is -2.51. The summed E-state index contributed by atoms with van der Waals surface area (Å²) in [7, 11) is 0. The minimum absolute atomic E-state index is 0.00715. The molecule has 8 unspecified atom stereocenters. The van der Waals surface area contributed by atoms with Crippen LogP contribution in [0.4, 0.5) is 4.79 Å². The Labute approximate surface area is 602 Å². The summed E-state index contributed by atoms with van der Waals surface area (Å²) < 4.78 is 93.7. The van der Waals surface area contributed by atoms with Crippen LogP contribution in [0.2, 0.25) is 0 Å². The van der Waals surface area contributed by atoms with E-state index in [0.717, 1.165) is 27.8 Å². The summed E-state index contributed by atoms with van der Waals surface area (Å²) in [6.07, 6.45) is -16.3. The Kier molecular flexibility index (Phi) is 27.6. The molecule has 4 saturated heterocycles. The highest BCUT2D eigenvalue weighted by Gasteiger charge is 2.56. The molecule has 21 heteroatoms. The van der Waals surface area contributed by atoms with Crippen molar-refractivity contribution in [2.45, 2.75) is 161 Å². The molecule has 21 nitrogen and oxygen atoms in total. The first-order valence-corrected chi connectivity index (χ1v) is 35.5. The average molecular weight is 1410 g/mol. The summed E-state index contributed by atoms with van der Waals surface area (Å²) in [5, 5.41) is 21.9. The van der Waals surface area contributed by atoms with Crippen LogP contribution in [0.15, 0.2) is 212 Å². The van der Waals surface area contributed by atoms with E-state index in [9.17, 15) is 29.4 Å². The lowest BCUT2D eigenvalue weighted by atomic mass is 9.82. The maximum atomic E-state index is 14.6. The Bertz CT molecular complexity index is 3700. The van der Waals surface area contributed by atoms with Gasteiger partial charge in [0, 0.05) is 36.8 Å². The number of ether oxygens (including phenoxy) is 14. The number of esters is 2. The van der Waals surface area contributed by atoms with Gasteiger partial charge in [-0.05, 0) is 63.9 Å². The summed E-state index contributed by atoms with van der Waals surface area (Å²) in [6, 6.07) is 65.1. The number of carbonyl (C=O) groups is 4. The van der Waals surface area contributed by atoms with E-state index in [-0.39, 0.29) is 75.8 Å². The number of aliphatic carboxylic acids is 1. The van der Waals surface area contributed by atoms with Crippen molar-refractivity contribution in [3.05, 3.63) is 251 Å². The molecule has 11 rings (SSSR count). The van der Waals surface area contributed by atoms with E-state index >= 15 is 0 Å². The van der Waals surface area contributed by atoms with Crippen LogP contribution in [0.25, 0.3) is 0 Å². The fourth-order valence-corrected chi connectivity index (χ4v) is 13.5. The van der Waals surface area contributed by atoms with Gasteiger partial charge in [-0.1, -0.05) is 230 Å². The first kappa shape index (κ1) is 75.9. The van der Waals surface area contributed by atoms with Gasteiger partial charge in [0.2, 0.25) is 0 Å². The molecule has 4 heterocycles. The summed E-state index contributed by atoms with van der Waals surface area (Å²) >= 11 is 0. The molecule has 4 aliphatic rings. The molecule has 0 radical (unpaired) electrons. The molecule has 4 fully saturated rings. The van der Waals surface area contributed by atoms with Crippen molar-refractivity contribution >= 4 is 24.0 Å². The molecule has 7 aromatic carbocycles. The van der Waals surface area contributed by atoms with E-state index in [1.807, 2.05) is 166 Å². The highest BCUT2D eigenvalue weighted by molar-refractivity contribution is 5.90. The van der Waals surface area contributed by atoms with E-state index in [2.05, 4.69) is 13.8 Å². The molecular weight excluding hydrogens is 1320 g/mol. The quantitative estimate of drug-likeness (QED) is 0.0303. The highest BCUT2D eigenvalue weighted by atomic mass is 16.8. The number of carbonyl (C=O) groups excluding carboxylic acids is 3. The van der Waals surface area contributed by atoms with Gasteiger partial charge in [-0.25, -0.2) is 19.2 Å².